The summed E-state index contributed by atoms with van der Waals surface area (Å²) in [6.07, 6.45) is -1.85. The number of rotatable bonds is 6. The van der Waals surface area contributed by atoms with Crippen LogP contribution in [0.3, 0.4) is 0 Å². The molecule has 0 saturated heterocycles. The second-order valence-corrected chi connectivity index (χ2v) is 5.05. The fraction of sp³-hybridized carbons (Fsp3) is 0.294. The van der Waals surface area contributed by atoms with Gasteiger partial charge in [0.25, 0.3) is 0 Å². The molecule has 0 amide bonds. The Bertz CT molecular complexity index is 455. The molecule has 0 aliphatic rings. The number of hydrogen-bond donors (Lipinski definition) is 2. The summed E-state index contributed by atoms with van der Waals surface area (Å²) in [5.41, 5.74) is 7.79. The van der Waals surface area contributed by atoms with Gasteiger partial charge in [0, 0.05) is 12.5 Å². The van der Waals surface area contributed by atoms with Crippen molar-refractivity contribution in [3.8, 4) is 0 Å². The van der Waals surface area contributed by atoms with E-state index in [4.69, 9.17) is 5.73 Å². The van der Waals surface area contributed by atoms with Crippen LogP contribution in [0.1, 0.15) is 11.1 Å². The minimum absolute atomic E-state index is 0.185. The van der Waals surface area contributed by atoms with Crippen molar-refractivity contribution in [1.29, 1.82) is 0 Å². The van der Waals surface area contributed by atoms with Crippen LogP contribution >= 0.6 is 0 Å². The van der Waals surface area contributed by atoms with Crippen molar-refractivity contribution in [3.63, 3.8) is 0 Å². The quantitative estimate of drug-likeness (QED) is 0.849. The first-order chi connectivity index (χ1) is 9.66. The van der Waals surface area contributed by atoms with Gasteiger partial charge in [0.1, 0.15) is 12.3 Å². The average molecular weight is 273 g/mol. The molecule has 3 atom stereocenters. The van der Waals surface area contributed by atoms with Crippen LogP contribution in [-0.4, -0.2) is 23.4 Å². The zero-order valence-electron chi connectivity index (χ0n) is 11.3. The number of aliphatic hydroxyl groups excluding tert-OH is 1. The summed E-state index contributed by atoms with van der Waals surface area (Å²) >= 11 is 0. The topological polar surface area (TPSA) is 46.2 Å². The van der Waals surface area contributed by atoms with Gasteiger partial charge in [-0.2, -0.15) is 0 Å². The summed E-state index contributed by atoms with van der Waals surface area (Å²) in [5, 5.41) is 10.0. The van der Waals surface area contributed by atoms with Gasteiger partial charge >= 0.3 is 0 Å². The Kier molecular flexibility index (Phi) is 5.27. The van der Waals surface area contributed by atoms with Gasteiger partial charge in [-0.05, 0) is 17.5 Å². The summed E-state index contributed by atoms with van der Waals surface area (Å²) in [5.74, 6) is 0. The molecule has 0 spiro atoms. The summed E-state index contributed by atoms with van der Waals surface area (Å²) in [4.78, 5) is 0. The van der Waals surface area contributed by atoms with Crippen molar-refractivity contribution in [2.75, 3.05) is 0 Å². The third-order valence-corrected chi connectivity index (χ3v) is 3.40. The second kappa shape index (κ2) is 7.17. The zero-order valence-corrected chi connectivity index (χ0v) is 11.3. The Morgan fingerprint density at radius 1 is 0.850 bits per heavy atom. The van der Waals surface area contributed by atoms with Crippen LogP contribution in [0.5, 0.6) is 0 Å². The van der Waals surface area contributed by atoms with Gasteiger partial charge in [-0.15, -0.1) is 0 Å². The van der Waals surface area contributed by atoms with E-state index in [1.165, 1.54) is 0 Å². The number of halogens is 1. The first kappa shape index (κ1) is 14.7. The smallest absolute Gasteiger partial charge is 0.131 e. The molecular formula is C17H20FNO. The maximum absolute atomic E-state index is 14.1. The highest BCUT2D eigenvalue weighted by Crippen LogP contribution is 2.13. The maximum atomic E-state index is 14.1. The van der Waals surface area contributed by atoms with Crippen molar-refractivity contribution < 1.29 is 9.50 Å². The van der Waals surface area contributed by atoms with Crippen LogP contribution in [0.4, 0.5) is 4.39 Å². The van der Waals surface area contributed by atoms with Gasteiger partial charge in [0.15, 0.2) is 0 Å². The molecule has 0 aliphatic carbocycles. The molecule has 0 radical (unpaired) electrons. The van der Waals surface area contributed by atoms with Crippen LogP contribution in [0.2, 0.25) is 0 Å². The van der Waals surface area contributed by atoms with Gasteiger partial charge in [0.2, 0.25) is 0 Å². The normalized spacial score (nSPS) is 15.6. The van der Waals surface area contributed by atoms with E-state index >= 15 is 0 Å². The first-order valence-corrected chi connectivity index (χ1v) is 6.82. The molecule has 106 valence electrons. The summed E-state index contributed by atoms with van der Waals surface area (Å²) < 4.78 is 14.1. The van der Waals surface area contributed by atoms with Gasteiger partial charge in [0.05, 0.1) is 0 Å². The molecule has 3 unspecified atom stereocenters. The standard InChI is InChI=1S/C17H20FNO/c18-15(11-13-7-3-1-4-8-13)17(20)16(19)12-14-9-5-2-6-10-14/h1-10,15-17,20H,11-12,19H2. The summed E-state index contributed by atoms with van der Waals surface area (Å²) in [6, 6.07) is 18.3. The molecule has 2 nitrogen and oxygen atoms in total. The molecule has 0 heterocycles. The van der Waals surface area contributed by atoms with Crippen molar-refractivity contribution >= 4 is 0 Å². The van der Waals surface area contributed by atoms with E-state index in [2.05, 4.69) is 0 Å². The molecule has 0 aromatic heterocycles. The molecule has 20 heavy (non-hydrogen) atoms. The van der Waals surface area contributed by atoms with Crippen LogP contribution in [0.15, 0.2) is 60.7 Å². The SMILES string of the molecule is NC(Cc1ccccc1)C(O)C(F)Cc1ccccc1. The van der Waals surface area contributed by atoms with E-state index in [1.807, 2.05) is 60.7 Å². The molecule has 0 aliphatic heterocycles. The third-order valence-electron chi connectivity index (χ3n) is 3.40. The molecule has 0 saturated carbocycles. The molecule has 3 N–H and O–H groups in total. The third kappa shape index (κ3) is 4.15. The monoisotopic (exact) mass is 273 g/mol. The largest absolute Gasteiger partial charge is 0.388 e. The van der Waals surface area contributed by atoms with E-state index in [9.17, 15) is 9.50 Å². The van der Waals surface area contributed by atoms with E-state index in [1.54, 1.807) is 0 Å². The van der Waals surface area contributed by atoms with Gasteiger partial charge in [-0.1, -0.05) is 60.7 Å². The number of alkyl halides is 1. The molecule has 2 aromatic carbocycles. The number of benzene rings is 2. The Balaban J connectivity index is 1.91. The van der Waals surface area contributed by atoms with Crippen molar-refractivity contribution in [3.05, 3.63) is 71.8 Å². The Labute approximate surface area is 119 Å². The minimum atomic E-state index is -1.35. The first-order valence-electron chi connectivity index (χ1n) is 6.82. The minimum Gasteiger partial charge on any atom is -0.388 e. The average Bonchev–Trinajstić information content (AvgIpc) is 2.48. The van der Waals surface area contributed by atoms with Gasteiger partial charge in [-0.3, -0.25) is 0 Å². The molecule has 0 fully saturated rings. The second-order valence-electron chi connectivity index (χ2n) is 5.05. The van der Waals surface area contributed by atoms with E-state index in [0.717, 1.165) is 11.1 Å². The fourth-order valence-corrected chi connectivity index (χ4v) is 2.24. The summed E-state index contributed by atoms with van der Waals surface area (Å²) in [7, 11) is 0. The predicted molar refractivity (Wildman–Crippen MR) is 79.2 cm³/mol. The summed E-state index contributed by atoms with van der Waals surface area (Å²) in [6.45, 7) is 0. The van der Waals surface area contributed by atoms with E-state index in [-0.39, 0.29) is 6.42 Å². The highest BCUT2D eigenvalue weighted by molar-refractivity contribution is 5.18. The highest BCUT2D eigenvalue weighted by atomic mass is 19.1. The lowest BCUT2D eigenvalue weighted by atomic mass is 9.96. The van der Waals surface area contributed by atoms with Crippen molar-refractivity contribution in [2.45, 2.75) is 31.2 Å². The van der Waals surface area contributed by atoms with E-state index < -0.39 is 18.3 Å². The van der Waals surface area contributed by atoms with E-state index in [0.29, 0.717) is 6.42 Å². The van der Waals surface area contributed by atoms with Crippen LogP contribution < -0.4 is 5.73 Å². The van der Waals surface area contributed by atoms with Crippen molar-refractivity contribution in [2.24, 2.45) is 5.73 Å². The highest BCUT2D eigenvalue weighted by Gasteiger charge is 2.25. The van der Waals surface area contributed by atoms with Gasteiger partial charge < -0.3 is 10.8 Å². The van der Waals surface area contributed by atoms with Crippen LogP contribution in [0.25, 0.3) is 0 Å². The molecule has 2 rings (SSSR count). The lowest BCUT2D eigenvalue weighted by Gasteiger charge is -2.22. The molecular weight excluding hydrogens is 253 g/mol. The Morgan fingerprint density at radius 2 is 1.30 bits per heavy atom. The Hall–Kier alpha value is -1.71. The zero-order chi connectivity index (χ0) is 14.4. The molecule has 3 heteroatoms. The molecule has 0 bridgehead atoms. The lowest BCUT2D eigenvalue weighted by molar-refractivity contribution is 0.0565. The van der Waals surface area contributed by atoms with Crippen molar-refractivity contribution in [1.82, 2.24) is 0 Å². The number of aliphatic hydroxyl groups is 1. The fourth-order valence-electron chi connectivity index (χ4n) is 2.24. The van der Waals surface area contributed by atoms with Gasteiger partial charge in [-0.25, -0.2) is 4.39 Å². The van der Waals surface area contributed by atoms with Crippen LogP contribution in [-0.2, 0) is 12.8 Å². The predicted octanol–water partition coefficient (Wildman–Crippen LogP) is 2.50. The maximum Gasteiger partial charge on any atom is 0.131 e. The van der Waals surface area contributed by atoms with Crippen LogP contribution in [0, 0.1) is 0 Å². The number of nitrogens with two attached hydrogens (primary N) is 1. The Morgan fingerprint density at radius 3 is 1.80 bits per heavy atom. The lowest BCUT2D eigenvalue weighted by Crippen LogP contribution is -2.43. The number of hydrogen-bond acceptors (Lipinski definition) is 2. The molecule has 2 aromatic rings.